The Bertz CT molecular complexity index is 942. The van der Waals surface area contributed by atoms with Gasteiger partial charge in [-0.15, -0.1) is 0 Å². The van der Waals surface area contributed by atoms with Crippen molar-refractivity contribution in [1.29, 1.82) is 0 Å². The molecule has 7 heteroatoms. The number of hydrogen-bond acceptors (Lipinski definition) is 5. The number of nitrogens with one attached hydrogen (secondary N) is 3. The lowest BCUT2D eigenvalue weighted by Gasteiger charge is -2.45. The zero-order chi connectivity index (χ0) is 22.6. The first-order valence-electron chi connectivity index (χ1n) is 12.3. The van der Waals surface area contributed by atoms with Gasteiger partial charge < -0.3 is 25.8 Å². The number of carbonyl (C=O) groups excluding carboxylic acids is 1. The first kappa shape index (κ1) is 22.2. The third kappa shape index (κ3) is 5.66. The molecule has 7 nitrogen and oxygen atoms in total. The van der Waals surface area contributed by atoms with E-state index >= 15 is 0 Å². The topological polar surface area (TPSA) is 62.9 Å². The number of amides is 2. The lowest BCUT2D eigenvalue weighted by Crippen LogP contribution is -2.54. The molecule has 1 aliphatic carbocycles. The van der Waals surface area contributed by atoms with Crippen LogP contribution in [0.5, 0.6) is 0 Å². The Morgan fingerprint density at radius 1 is 1.18 bits per heavy atom. The van der Waals surface area contributed by atoms with Crippen LogP contribution in [0.15, 0.2) is 59.8 Å². The molecular weight excluding hydrogens is 412 g/mol. The number of likely N-dealkylation sites (N-methyl/N-ethyl adjacent to an activating group) is 1. The summed E-state index contributed by atoms with van der Waals surface area (Å²) < 4.78 is 0. The Kier molecular flexibility index (Phi) is 6.80. The Morgan fingerprint density at radius 2 is 2.03 bits per heavy atom. The van der Waals surface area contributed by atoms with Crippen LogP contribution in [0.25, 0.3) is 0 Å². The van der Waals surface area contributed by atoms with Gasteiger partial charge in [0.05, 0.1) is 0 Å². The van der Waals surface area contributed by atoms with Crippen LogP contribution in [0.1, 0.15) is 24.8 Å². The maximum atomic E-state index is 12.2. The zero-order valence-electron chi connectivity index (χ0n) is 19.6. The van der Waals surface area contributed by atoms with Crippen LogP contribution < -0.4 is 16.0 Å². The van der Waals surface area contributed by atoms with Crippen LogP contribution in [0.4, 0.5) is 10.5 Å². The van der Waals surface area contributed by atoms with E-state index < -0.39 is 0 Å². The van der Waals surface area contributed by atoms with E-state index in [2.05, 4.69) is 74.1 Å². The van der Waals surface area contributed by atoms with Crippen LogP contribution in [-0.2, 0) is 6.54 Å². The van der Waals surface area contributed by atoms with Crippen molar-refractivity contribution in [2.45, 2.75) is 38.0 Å². The Balaban J connectivity index is 1.36. The molecule has 5 rings (SSSR count). The van der Waals surface area contributed by atoms with Gasteiger partial charge in [0.15, 0.2) is 0 Å². The van der Waals surface area contributed by atoms with Crippen molar-refractivity contribution in [1.82, 2.24) is 25.3 Å². The number of benzene rings is 1. The predicted molar refractivity (Wildman–Crippen MR) is 133 cm³/mol. The van der Waals surface area contributed by atoms with Crippen molar-refractivity contribution < 1.29 is 4.79 Å². The highest BCUT2D eigenvalue weighted by atomic mass is 16.2. The molecule has 1 saturated carbocycles. The molecular formula is C26H36N6O. The molecule has 1 aromatic carbocycles. The van der Waals surface area contributed by atoms with E-state index in [1.54, 1.807) is 0 Å². The van der Waals surface area contributed by atoms with Crippen molar-refractivity contribution in [2.75, 3.05) is 51.6 Å². The van der Waals surface area contributed by atoms with Gasteiger partial charge in [-0.25, -0.2) is 4.79 Å². The highest BCUT2D eigenvalue weighted by Crippen LogP contribution is 2.30. The van der Waals surface area contributed by atoms with Crippen molar-refractivity contribution in [3.63, 3.8) is 0 Å². The number of nitrogens with zero attached hydrogens (tertiary/aromatic N) is 3. The van der Waals surface area contributed by atoms with Crippen molar-refractivity contribution in [3.8, 4) is 0 Å². The molecule has 4 aliphatic rings. The maximum Gasteiger partial charge on any atom is 0.319 e. The van der Waals surface area contributed by atoms with E-state index in [0.29, 0.717) is 6.04 Å². The van der Waals surface area contributed by atoms with E-state index in [0.717, 1.165) is 70.8 Å². The van der Waals surface area contributed by atoms with Gasteiger partial charge in [-0.05, 0) is 68.3 Å². The summed E-state index contributed by atoms with van der Waals surface area (Å²) in [6.45, 7) is 7.09. The largest absolute Gasteiger partial charge is 0.348 e. The minimum Gasteiger partial charge on any atom is -0.348 e. The molecule has 1 saturated heterocycles. The van der Waals surface area contributed by atoms with Crippen molar-refractivity contribution in [2.24, 2.45) is 0 Å². The van der Waals surface area contributed by atoms with E-state index in [4.69, 9.17) is 0 Å². The van der Waals surface area contributed by atoms with Gasteiger partial charge in [0, 0.05) is 56.7 Å². The van der Waals surface area contributed by atoms with E-state index in [1.165, 1.54) is 16.8 Å². The summed E-state index contributed by atoms with van der Waals surface area (Å²) in [4.78, 5) is 19.8. The molecule has 0 aromatic heterocycles. The Labute approximate surface area is 197 Å². The molecule has 2 fully saturated rings. The summed E-state index contributed by atoms with van der Waals surface area (Å²) in [5.74, 6) is 0. The average Bonchev–Trinajstić information content (AvgIpc) is 3.64. The third-order valence-electron chi connectivity index (χ3n) is 6.92. The number of carbonyl (C=O) groups is 1. The van der Waals surface area contributed by atoms with Crippen LogP contribution in [0.2, 0.25) is 0 Å². The smallest absolute Gasteiger partial charge is 0.319 e. The molecule has 0 bridgehead atoms. The average molecular weight is 449 g/mol. The minimum absolute atomic E-state index is 0.105. The van der Waals surface area contributed by atoms with Crippen LogP contribution in [0, 0.1) is 0 Å². The van der Waals surface area contributed by atoms with Gasteiger partial charge >= 0.3 is 6.03 Å². The van der Waals surface area contributed by atoms with E-state index in [-0.39, 0.29) is 12.2 Å². The lowest BCUT2D eigenvalue weighted by molar-refractivity contribution is 0.0535. The third-order valence-corrected chi connectivity index (χ3v) is 6.92. The highest BCUT2D eigenvalue weighted by Gasteiger charge is 2.30. The van der Waals surface area contributed by atoms with E-state index in [1.807, 2.05) is 12.1 Å². The highest BCUT2D eigenvalue weighted by molar-refractivity contribution is 5.89. The second-order valence-electron chi connectivity index (χ2n) is 9.57. The monoisotopic (exact) mass is 448 g/mol. The van der Waals surface area contributed by atoms with Crippen molar-refractivity contribution >= 4 is 11.7 Å². The number of allylic oxidation sites excluding steroid dienone is 3. The summed E-state index contributed by atoms with van der Waals surface area (Å²) >= 11 is 0. The molecule has 1 aromatic rings. The maximum absolute atomic E-state index is 12.2. The van der Waals surface area contributed by atoms with Gasteiger partial charge in [-0.3, -0.25) is 4.90 Å². The number of urea groups is 1. The minimum atomic E-state index is -0.105. The first-order chi connectivity index (χ1) is 16.2. The van der Waals surface area contributed by atoms with Crippen LogP contribution in [-0.4, -0.2) is 79.3 Å². The van der Waals surface area contributed by atoms with Crippen molar-refractivity contribution in [3.05, 3.63) is 65.4 Å². The summed E-state index contributed by atoms with van der Waals surface area (Å²) in [5.41, 5.74) is 4.80. The molecule has 1 atom stereocenters. The van der Waals surface area contributed by atoms with Gasteiger partial charge in [0.25, 0.3) is 0 Å². The molecule has 3 N–H and O–H groups in total. The summed E-state index contributed by atoms with van der Waals surface area (Å²) in [5, 5.41) is 9.46. The van der Waals surface area contributed by atoms with Crippen LogP contribution >= 0.6 is 0 Å². The number of rotatable bonds is 6. The number of piperazine rings is 1. The first-order valence-corrected chi connectivity index (χ1v) is 12.3. The summed E-state index contributed by atoms with van der Waals surface area (Å²) in [6, 6.07) is 8.53. The number of hydrogen-bond donors (Lipinski definition) is 3. The fourth-order valence-corrected chi connectivity index (χ4v) is 4.84. The second-order valence-corrected chi connectivity index (χ2v) is 9.57. The molecule has 2 amide bonds. The van der Waals surface area contributed by atoms with Gasteiger partial charge in [0.1, 0.15) is 6.17 Å². The quantitative estimate of drug-likeness (QED) is 0.625. The molecule has 33 heavy (non-hydrogen) atoms. The summed E-state index contributed by atoms with van der Waals surface area (Å²) in [7, 11) is 2.20. The molecule has 176 valence electrons. The Morgan fingerprint density at radius 3 is 2.79 bits per heavy atom. The fraction of sp³-hybridized carbons (Fsp3) is 0.500. The van der Waals surface area contributed by atoms with Crippen LogP contribution in [0.3, 0.4) is 0 Å². The SMILES string of the molecule is CN1CCN(C2C=CC=C(C3=CCNCC3)N2Cc2cccc(NC(=O)NC3CC3)c2)CC1. The van der Waals surface area contributed by atoms with Gasteiger partial charge in [0.2, 0.25) is 0 Å². The predicted octanol–water partition coefficient (Wildman–Crippen LogP) is 2.72. The standard InChI is InChI=1S/C26H36N6O/c1-30-14-16-31(17-15-30)25-7-3-6-24(21-10-12-27-13-11-21)32(25)19-20-4-2-5-23(18-20)29-26(33)28-22-8-9-22/h2-7,10,18,22,25,27H,8-9,11-17,19H2,1H3,(H2,28,29,33). The fourth-order valence-electron chi connectivity index (χ4n) is 4.84. The molecule has 0 radical (unpaired) electrons. The summed E-state index contributed by atoms with van der Waals surface area (Å²) in [6.07, 6.45) is 12.6. The van der Waals surface area contributed by atoms with E-state index in [9.17, 15) is 4.79 Å². The Hall–Kier alpha value is -2.61. The molecule has 3 aliphatic heterocycles. The van der Waals surface area contributed by atoms with Gasteiger partial charge in [-0.1, -0.05) is 24.3 Å². The molecule has 3 heterocycles. The molecule has 1 unspecified atom stereocenters. The lowest BCUT2D eigenvalue weighted by atomic mass is 10.00. The zero-order valence-corrected chi connectivity index (χ0v) is 19.6. The number of anilines is 1. The normalized spacial score (nSPS) is 24.3. The second kappa shape index (κ2) is 10.1. The molecule has 0 spiro atoms. The van der Waals surface area contributed by atoms with Gasteiger partial charge in [-0.2, -0.15) is 0 Å².